The largest absolute Gasteiger partial charge is 1.00 e. The van der Waals surface area contributed by atoms with Crippen LogP contribution in [0.4, 0.5) is 0 Å². The Kier molecular flexibility index (Phi) is 9.49. The zero-order chi connectivity index (χ0) is 10.4. The van der Waals surface area contributed by atoms with Gasteiger partial charge in [0.25, 0.3) is 0 Å². The van der Waals surface area contributed by atoms with Crippen LogP contribution in [0, 0.1) is 11.5 Å². The van der Waals surface area contributed by atoms with Gasteiger partial charge in [0.05, 0.1) is 0 Å². The summed E-state index contributed by atoms with van der Waals surface area (Å²) < 4.78 is 0.354. The van der Waals surface area contributed by atoms with Crippen LogP contribution in [0.15, 0.2) is 29.3 Å². The molecule has 0 spiro atoms. The maximum Gasteiger partial charge on any atom is 1.00 e. The average Bonchev–Trinajstić information content (AvgIpc) is 2.15. The molecule has 0 aliphatic carbocycles. The van der Waals surface area contributed by atoms with E-state index >= 15 is 0 Å². The van der Waals surface area contributed by atoms with Gasteiger partial charge in [0.1, 0.15) is 0 Å². The third-order valence-electron chi connectivity index (χ3n) is 1.39. The summed E-state index contributed by atoms with van der Waals surface area (Å²) in [5.74, 6) is 0.685. The molecule has 0 bridgehead atoms. The van der Waals surface area contributed by atoms with E-state index in [1.165, 1.54) is 11.8 Å². The molecule has 0 N–H and O–H groups in total. The number of benzene rings is 1. The van der Waals surface area contributed by atoms with Gasteiger partial charge in [-0.25, -0.2) is 0 Å². The Balaban J connectivity index is 0.00000196. The normalized spacial score (nSPS) is 10.3. The van der Waals surface area contributed by atoms with Crippen LogP contribution in [-0.4, -0.2) is 4.38 Å². The first-order chi connectivity index (χ1) is 6.72. The van der Waals surface area contributed by atoms with Crippen LogP contribution in [0.2, 0.25) is 5.02 Å². The van der Waals surface area contributed by atoms with E-state index in [1.807, 2.05) is 24.3 Å². The minimum Gasteiger partial charge on any atom is -0.752 e. The fourth-order valence-electron chi connectivity index (χ4n) is 0.845. The third-order valence-corrected chi connectivity index (χ3v) is 2.89. The molecule has 0 heterocycles. The minimum absolute atomic E-state index is 0. The van der Waals surface area contributed by atoms with Crippen LogP contribution in [-0.2, 0) is 18.4 Å². The third kappa shape index (κ3) is 6.92. The van der Waals surface area contributed by atoms with Crippen LogP contribution in [0.25, 0.3) is 0 Å². The van der Waals surface area contributed by atoms with Gasteiger partial charge in [0.2, 0.25) is 6.19 Å². The summed E-state index contributed by atoms with van der Waals surface area (Å²) in [7, 11) is 0. The number of hydrogen-bond donors (Lipinski definition) is 0. The van der Waals surface area contributed by atoms with Gasteiger partial charge in [-0.1, -0.05) is 23.7 Å². The summed E-state index contributed by atoms with van der Waals surface area (Å²) in [6.07, 6.45) is 1.65. The van der Waals surface area contributed by atoms with Gasteiger partial charge >= 0.3 is 51.4 Å². The average molecular weight is 281 g/mol. The van der Waals surface area contributed by atoms with Gasteiger partial charge in [-0.3, -0.25) is 0 Å². The molecular formula is C9H6ClKN2S2. The summed E-state index contributed by atoms with van der Waals surface area (Å²) >= 11 is 12.0. The Morgan fingerprint density at radius 3 is 2.93 bits per heavy atom. The van der Waals surface area contributed by atoms with Crippen molar-refractivity contribution in [2.24, 2.45) is 4.99 Å². The molecule has 15 heavy (non-hydrogen) atoms. The summed E-state index contributed by atoms with van der Waals surface area (Å²) in [6.45, 7) is 0. The van der Waals surface area contributed by atoms with Gasteiger partial charge in [-0.2, -0.15) is 10.3 Å². The second kappa shape index (κ2) is 8.96. The van der Waals surface area contributed by atoms with Crippen molar-refractivity contribution in [3.05, 3.63) is 34.9 Å². The summed E-state index contributed by atoms with van der Waals surface area (Å²) in [5, 5.41) is 8.94. The Bertz CT molecular complexity index is 390. The first-order valence-corrected chi connectivity index (χ1v) is 5.50. The molecule has 0 fully saturated rings. The molecule has 0 aromatic heterocycles. The number of rotatable bonds is 2. The molecule has 1 aromatic rings. The van der Waals surface area contributed by atoms with Crippen molar-refractivity contribution in [3.8, 4) is 6.19 Å². The van der Waals surface area contributed by atoms with E-state index in [2.05, 4.69) is 4.99 Å². The van der Waals surface area contributed by atoms with E-state index in [4.69, 9.17) is 29.5 Å². The molecular weight excluding hydrogens is 275 g/mol. The molecule has 0 amide bonds. The zero-order valence-electron chi connectivity index (χ0n) is 8.11. The molecule has 0 saturated heterocycles. The van der Waals surface area contributed by atoms with E-state index in [0.29, 0.717) is 15.2 Å². The number of nitrogens with zero attached hydrogens (tertiary/aromatic N) is 2. The number of thioether (sulfide) groups is 1. The molecule has 0 aliphatic rings. The van der Waals surface area contributed by atoms with Crippen molar-refractivity contribution in [3.63, 3.8) is 0 Å². The maximum atomic E-state index is 8.24. The number of halogens is 1. The van der Waals surface area contributed by atoms with Crippen molar-refractivity contribution in [1.29, 1.82) is 5.26 Å². The monoisotopic (exact) mass is 280 g/mol. The van der Waals surface area contributed by atoms with Gasteiger partial charge < -0.3 is 12.6 Å². The Hall–Kier alpha value is 0.876. The molecule has 0 atom stereocenters. The molecule has 72 valence electrons. The molecule has 2 nitrogen and oxygen atoms in total. The molecule has 0 radical (unpaired) electrons. The first kappa shape index (κ1) is 15.9. The summed E-state index contributed by atoms with van der Waals surface area (Å²) in [4.78, 5) is 3.43. The number of nitriles is 1. The number of hydrogen-bond acceptors (Lipinski definition) is 4. The van der Waals surface area contributed by atoms with Gasteiger partial charge in [0.15, 0.2) is 0 Å². The van der Waals surface area contributed by atoms with E-state index in [-0.39, 0.29) is 51.4 Å². The van der Waals surface area contributed by atoms with E-state index in [0.717, 1.165) is 5.56 Å². The quantitative estimate of drug-likeness (QED) is 0.251. The van der Waals surface area contributed by atoms with Crippen LogP contribution >= 0.6 is 23.4 Å². The van der Waals surface area contributed by atoms with Gasteiger partial charge in [0, 0.05) is 10.8 Å². The second-order valence-electron chi connectivity index (χ2n) is 2.40. The van der Waals surface area contributed by atoms with E-state index in [1.54, 1.807) is 6.19 Å². The smallest absolute Gasteiger partial charge is 0.752 e. The van der Waals surface area contributed by atoms with Gasteiger partial charge in [-0.15, -0.1) is 11.8 Å². The maximum absolute atomic E-state index is 8.24. The molecule has 1 aromatic carbocycles. The fourth-order valence-corrected chi connectivity index (χ4v) is 1.85. The Morgan fingerprint density at radius 1 is 1.60 bits per heavy atom. The predicted octanol–water partition coefficient (Wildman–Crippen LogP) is -0.0388. The van der Waals surface area contributed by atoms with Crippen LogP contribution in [0.1, 0.15) is 5.56 Å². The van der Waals surface area contributed by atoms with Crippen molar-refractivity contribution in [2.45, 2.75) is 5.75 Å². The van der Waals surface area contributed by atoms with Crippen molar-refractivity contribution >= 4 is 40.4 Å². The molecule has 6 heteroatoms. The van der Waals surface area contributed by atoms with Crippen molar-refractivity contribution in [1.82, 2.24) is 0 Å². The van der Waals surface area contributed by atoms with Crippen molar-refractivity contribution < 1.29 is 51.4 Å². The van der Waals surface area contributed by atoms with E-state index in [9.17, 15) is 0 Å². The van der Waals surface area contributed by atoms with Gasteiger partial charge in [-0.05, 0) is 22.1 Å². The Morgan fingerprint density at radius 2 is 2.33 bits per heavy atom. The van der Waals surface area contributed by atoms with E-state index < -0.39 is 0 Å². The zero-order valence-corrected chi connectivity index (χ0v) is 13.6. The predicted molar refractivity (Wildman–Crippen MR) is 63.2 cm³/mol. The van der Waals surface area contributed by atoms with Crippen LogP contribution in [0.3, 0.4) is 0 Å². The minimum atomic E-state index is 0. The standard InChI is InChI=1S/C9H7ClN2S2.K/c10-8-3-1-2-7(4-8)5-14-9(13)12-6-11;/h1-4H,5H2,(H,12,13);/q;+1/p-1. The first-order valence-electron chi connectivity index (χ1n) is 3.73. The summed E-state index contributed by atoms with van der Waals surface area (Å²) in [6, 6.07) is 7.51. The summed E-state index contributed by atoms with van der Waals surface area (Å²) in [5.41, 5.74) is 1.07. The van der Waals surface area contributed by atoms with Crippen LogP contribution < -0.4 is 51.4 Å². The molecule has 0 unspecified atom stereocenters. The SMILES string of the molecule is N#CN=C([S-])SCc1cccc(Cl)c1.[K+]. The fraction of sp³-hybridized carbons (Fsp3) is 0.111. The Labute approximate surface area is 146 Å². The topological polar surface area (TPSA) is 36.1 Å². The number of aliphatic imine (C=N–C) groups is 1. The second-order valence-corrected chi connectivity index (χ2v) is 4.44. The molecule has 0 saturated carbocycles. The van der Waals surface area contributed by atoms with Crippen molar-refractivity contribution in [2.75, 3.05) is 0 Å². The molecule has 1 rings (SSSR count). The molecule has 0 aliphatic heterocycles. The van der Waals surface area contributed by atoms with Crippen LogP contribution in [0.5, 0.6) is 0 Å².